The van der Waals surface area contributed by atoms with Crippen molar-refractivity contribution in [1.29, 1.82) is 0 Å². The molecule has 0 spiro atoms. The van der Waals surface area contributed by atoms with E-state index in [4.69, 9.17) is 0 Å². The van der Waals surface area contributed by atoms with Crippen molar-refractivity contribution in [2.24, 2.45) is 0 Å². The van der Waals surface area contributed by atoms with Crippen molar-refractivity contribution in [3.05, 3.63) is 29.6 Å². The average molecular weight is 278 g/mol. The standard InChI is InChI=1S/C16H23FN2O/c1-12(15-10-13(17)5-6-16(15)20)19-9-3-8-18-7-2-4-14(18)11-19/h5-6,10,12,14,20H,2-4,7-9,11H2,1H3. The second kappa shape index (κ2) is 5.70. The van der Waals surface area contributed by atoms with Crippen LogP contribution in [0, 0.1) is 5.82 Å². The van der Waals surface area contributed by atoms with Crippen molar-refractivity contribution in [3.8, 4) is 5.75 Å². The normalized spacial score (nSPS) is 26.2. The van der Waals surface area contributed by atoms with Crippen LogP contribution < -0.4 is 0 Å². The molecule has 110 valence electrons. The first-order chi connectivity index (χ1) is 9.65. The first-order valence-electron chi connectivity index (χ1n) is 7.61. The zero-order valence-electron chi connectivity index (χ0n) is 12.1. The zero-order chi connectivity index (χ0) is 14.1. The first-order valence-corrected chi connectivity index (χ1v) is 7.61. The molecule has 1 aromatic rings. The lowest BCUT2D eigenvalue weighted by Gasteiger charge is -2.31. The van der Waals surface area contributed by atoms with Gasteiger partial charge in [-0.25, -0.2) is 4.39 Å². The minimum atomic E-state index is -0.276. The molecular formula is C16H23FN2O. The molecule has 1 N–H and O–H groups in total. The summed E-state index contributed by atoms with van der Waals surface area (Å²) >= 11 is 0. The van der Waals surface area contributed by atoms with Crippen LogP contribution >= 0.6 is 0 Å². The van der Waals surface area contributed by atoms with Crippen LogP contribution in [0.5, 0.6) is 5.75 Å². The van der Waals surface area contributed by atoms with Gasteiger partial charge in [-0.2, -0.15) is 0 Å². The minimum Gasteiger partial charge on any atom is -0.508 e. The molecule has 4 heteroatoms. The number of phenols is 1. The molecular weight excluding hydrogens is 255 g/mol. The van der Waals surface area contributed by atoms with Crippen LogP contribution in [-0.4, -0.2) is 47.1 Å². The number of nitrogens with zero attached hydrogens (tertiary/aromatic N) is 2. The van der Waals surface area contributed by atoms with Gasteiger partial charge in [0.15, 0.2) is 0 Å². The number of aromatic hydroxyl groups is 1. The Kier molecular flexibility index (Phi) is 3.94. The van der Waals surface area contributed by atoms with E-state index >= 15 is 0 Å². The highest BCUT2D eigenvalue weighted by atomic mass is 19.1. The van der Waals surface area contributed by atoms with Crippen molar-refractivity contribution in [2.45, 2.75) is 38.3 Å². The number of rotatable bonds is 2. The van der Waals surface area contributed by atoms with Gasteiger partial charge in [0.05, 0.1) is 0 Å². The van der Waals surface area contributed by atoms with Gasteiger partial charge in [-0.3, -0.25) is 9.80 Å². The van der Waals surface area contributed by atoms with Gasteiger partial charge >= 0.3 is 0 Å². The Bertz CT molecular complexity index is 480. The van der Waals surface area contributed by atoms with Crippen LogP contribution in [0.2, 0.25) is 0 Å². The summed E-state index contributed by atoms with van der Waals surface area (Å²) in [5.41, 5.74) is 0.705. The van der Waals surface area contributed by atoms with E-state index in [-0.39, 0.29) is 17.6 Å². The molecule has 2 unspecified atom stereocenters. The molecule has 0 bridgehead atoms. The molecule has 0 aromatic heterocycles. The van der Waals surface area contributed by atoms with E-state index in [1.165, 1.54) is 44.1 Å². The molecule has 2 fully saturated rings. The van der Waals surface area contributed by atoms with Gasteiger partial charge in [0.1, 0.15) is 11.6 Å². The van der Waals surface area contributed by atoms with Gasteiger partial charge in [0.25, 0.3) is 0 Å². The maximum absolute atomic E-state index is 13.4. The zero-order valence-corrected chi connectivity index (χ0v) is 12.1. The largest absolute Gasteiger partial charge is 0.508 e. The Morgan fingerprint density at radius 2 is 2.05 bits per heavy atom. The molecule has 2 aliphatic heterocycles. The third-order valence-corrected chi connectivity index (χ3v) is 4.82. The van der Waals surface area contributed by atoms with Crippen LogP contribution in [0.1, 0.15) is 37.8 Å². The van der Waals surface area contributed by atoms with Gasteiger partial charge in [-0.05, 0) is 57.5 Å². The predicted octanol–water partition coefficient (Wildman–Crippen LogP) is 2.76. The molecule has 1 aromatic carbocycles. The Morgan fingerprint density at radius 1 is 1.25 bits per heavy atom. The number of halogens is 1. The Morgan fingerprint density at radius 3 is 2.90 bits per heavy atom. The summed E-state index contributed by atoms with van der Waals surface area (Å²) in [6.45, 7) is 6.50. The SMILES string of the molecule is CC(c1cc(F)ccc1O)N1CCCN2CCCC2C1. The van der Waals surface area contributed by atoms with Crippen molar-refractivity contribution >= 4 is 0 Å². The topological polar surface area (TPSA) is 26.7 Å². The number of benzene rings is 1. The van der Waals surface area contributed by atoms with E-state index in [0.29, 0.717) is 11.6 Å². The number of fused-ring (bicyclic) bond motifs is 1. The van der Waals surface area contributed by atoms with Gasteiger partial charge in [0.2, 0.25) is 0 Å². The van der Waals surface area contributed by atoms with Gasteiger partial charge < -0.3 is 5.11 Å². The minimum absolute atomic E-state index is 0.0613. The second-order valence-electron chi connectivity index (χ2n) is 6.06. The molecule has 2 heterocycles. The van der Waals surface area contributed by atoms with E-state index in [0.717, 1.165) is 19.5 Å². The van der Waals surface area contributed by atoms with Crippen LogP contribution in [0.4, 0.5) is 4.39 Å². The number of hydrogen-bond donors (Lipinski definition) is 1. The second-order valence-corrected chi connectivity index (χ2v) is 6.06. The maximum Gasteiger partial charge on any atom is 0.123 e. The van der Waals surface area contributed by atoms with E-state index < -0.39 is 0 Å². The van der Waals surface area contributed by atoms with Gasteiger partial charge in [0, 0.05) is 30.7 Å². The fourth-order valence-corrected chi connectivity index (χ4v) is 3.64. The summed E-state index contributed by atoms with van der Waals surface area (Å²) in [5.74, 6) is -0.0756. The Labute approximate surface area is 120 Å². The lowest BCUT2D eigenvalue weighted by molar-refractivity contribution is 0.180. The molecule has 3 rings (SSSR count). The van der Waals surface area contributed by atoms with E-state index in [2.05, 4.69) is 16.7 Å². The highest BCUT2D eigenvalue weighted by Crippen LogP contribution is 2.32. The van der Waals surface area contributed by atoms with E-state index in [1.807, 2.05) is 0 Å². The molecule has 2 saturated heterocycles. The van der Waals surface area contributed by atoms with Crippen molar-refractivity contribution in [1.82, 2.24) is 9.80 Å². The number of hydrogen-bond acceptors (Lipinski definition) is 3. The summed E-state index contributed by atoms with van der Waals surface area (Å²) in [7, 11) is 0. The molecule has 0 radical (unpaired) electrons. The van der Waals surface area contributed by atoms with Crippen LogP contribution in [0.25, 0.3) is 0 Å². The van der Waals surface area contributed by atoms with Crippen molar-refractivity contribution in [2.75, 3.05) is 26.2 Å². The van der Waals surface area contributed by atoms with Gasteiger partial charge in [-0.15, -0.1) is 0 Å². The summed E-state index contributed by atoms with van der Waals surface area (Å²) in [5, 5.41) is 9.99. The average Bonchev–Trinajstić information content (AvgIpc) is 2.78. The van der Waals surface area contributed by atoms with Crippen LogP contribution in [0.15, 0.2) is 18.2 Å². The lowest BCUT2D eigenvalue weighted by atomic mass is 10.0. The third-order valence-electron chi connectivity index (χ3n) is 4.82. The van der Waals surface area contributed by atoms with Crippen molar-refractivity contribution < 1.29 is 9.50 Å². The fourth-order valence-electron chi connectivity index (χ4n) is 3.64. The maximum atomic E-state index is 13.4. The Hall–Kier alpha value is -1.13. The molecule has 2 atom stereocenters. The quantitative estimate of drug-likeness (QED) is 0.901. The summed E-state index contributed by atoms with van der Waals surface area (Å²) in [4.78, 5) is 4.97. The third kappa shape index (κ3) is 2.67. The predicted molar refractivity (Wildman–Crippen MR) is 77.3 cm³/mol. The van der Waals surface area contributed by atoms with Crippen LogP contribution in [0.3, 0.4) is 0 Å². The van der Waals surface area contributed by atoms with Gasteiger partial charge in [-0.1, -0.05) is 0 Å². The molecule has 20 heavy (non-hydrogen) atoms. The summed E-state index contributed by atoms with van der Waals surface area (Å²) < 4.78 is 13.4. The highest BCUT2D eigenvalue weighted by molar-refractivity contribution is 5.35. The van der Waals surface area contributed by atoms with Crippen LogP contribution in [-0.2, 0) is 0 Å². The molecule has 2 aliphatic rings. The lowest BCUT2D eigenvalue weighted by Crippen LogP contribution is -2.37. The molecule has 0 aliphatic carbocycles. The summed E-state index contributed by atoms with van der Waals surface area (Å²) in [6.07, 6.45) is 3.70. The van der Waals surface area contributed by atoms with E-state index in [9.17, 15) is 9.50 Å². The number of phenolic OH excluding ortho intramolecular Hbond substituents is 1. The summed E-state index contributed by atoms with van der Waals surface area (Å²) in [6, 6.07) is 4.94. The molecule has 0 amide bonds. The monoisotopic (exact) mass is 278 g/mol. The van der Waals surface area contributed by atoms with E-state index in [1.54, 1.807) is 0 Å². The molecule has 0 saturated carbocycles. The molecule has 3 nitrogen and oxygen atoms in total. The smallest absolute Gasteiger partial charge is 0.123 e. The fraction of sp³-hybridized carbons (Fsp3) is 0.625. The first kappa shape index (κ1) is 13.8. The highest BCUT2D eigenvalue weighted by Gasteiger charge is 2.31. The van der Waals surface area contributed by atoms with Crippen molar-refractivity contribution in [3.63, 3.8) is 0 Å². The Balaban J connectivity index is 1.78.